The number of benzene rings is 9. The van der Waals surface area contributed by atoms with Crippen LogP contribution in [0, 0.1) is 0 Å². The molecule has 0 aliphatic heterocycles. The summed E-state index contributed by atoms with van der Waals surface area (Å²) >= 11 is 0. The van der Waals surface area contributed by atoms with Crippen molar-refractivity contribution in [3.8, 4) is 16.8 Å². The van der Waals surface area contributed by atoms with E-state index >= 15 is 0 Å². The molecule has 0 unspecified atom stereocenters. The van der Waals surface area contributed by atoms with Crippen LogP contribution in [0.1, 0.15) is 11.1 Å². The van der Waals surface area contributed by atoms with Crippen LogP contribution in [0.15, 0.2) is 219 Å². The average molecular weight is 804 g/mol. The number of allylic oxidation sites excluding steroid dienone is 2. The topological polar surface area (TPSA) is 12.6 Å². The summed E-state index contributed by atoms with van der Waals surface area (Å²) in [5, 5.41) is 10.7. The van der Waals surface area contributed by atoms with Crippen LogP contribution < -0.4 is 10.1 Å². The summed E-state index contributed by atoms with van der Waals surface area (Å²) in [6.07, 6.45) is 10.5. The lowest BCUT2D eigenvalue weighted by Gasteiger charge is -2.22. The van der Waals surface area contributed by atoms with Gasteiger partial charge in [-0.25, -0.2) is 0 Å². The Kier molecular flexibility index (Phi) is 8.48. The maximum absolute atomic E-state index is 4.64. The number of rotatable bonds is 8. The highest BCUT2D eigenvalue weighted by atomic mass is 15.1. The summed E-state index contributed by atoms with van der Waals surface area (Å²) in [5.74, 6) is 0. The Morgan fingerprint density at radius 2 is 1.08 bits per heavy atom. The van der Waals surface area contributed by atoms with Crippen LogP contribution in [0.25, 0.3) is 106 Å². The van der Waals surface area contributed by atoms with Gasteiger partial charge >= 0.3 is 0 Å². The second-order valence-electron chi connectivity index (χ2n) is 16.3. The van der Waals surface area contributed by atoms with Crippen LogP contribution in [-0.4, -0.2) is 8.97 Å². The molecule has 0 aliphatic carbocycles. The van der Waals surface area contributed by atoms with Crippen molar-refractivity contribution in [1.29, 1.82) is 0 Å². The summed E-state index contributed by atoms with van der Waals surface area (Å²) in [7, 11) is 0. The molecule has 12 aromatic rings. The highest BCUT2D eigenvalue weighted by Crippen LogP contribution is 2.39. The molecular formula is C60H41N3. The van der Waals surface area contributed by atoms with E-state index in [-0.39, 0.29) is 0 Å². The van der Waals surface area contributed by atoms with Crippen molar-refractivity contribution in [3.63, 3.8) is 0 Å². The van der Waals surface area contributed by atoms with E-state index in [9.17, 15) is 0 Å². The third-order valence-electron chi connectivity index (χ3n) is 12.8. The van der Waals surface area contributed by atoms with Crippen molar-refractivity contribution in [1.82, 2.24) is 8.97 Å². The number of para-hydroxylation sites is 4. The molecule has 0 bridgehead atoms. The molecule has 63 heavy (non-hydrogen) atoms. The molecule has 0 aliphatic rings. The summed E-state index contributed by atoms with van der Waals surface area (Å²) in [6, 6.07) is 70.3. The number of fused-ring (bicyclic) bond motifs is 11. The minimum Gasteiger partial charge on any atom is -0.317 e. The van der Waals surface area contributed by atoms with E-state index in [1.165, 1.54) is 76.3 Å². The van der Waals surface area contributed by atoms with Gasteiger partial charge in [-0.05, 0) is 117 Å². The fourth-order valence-electron chi connectivity index (χ4n) is 9.90. The lowest BCUT2D eigenvalue weighted by atomic mass is 9.96. The largest absolute Gasteiger partial charge is 0.317 e. The Morgan fingerprint density at radius 3 is 1.87 bits per heavy atom. The lowest BCUT2D eigenvalue weighted by Crippen LogP contribution is -2.08. The Morgan fingerprint density at radius 1 is 0.444 bits per heavy atom. The first-order valence-electron chi connectivity index (χ1n) is 21.5. The number of nitrogens with zero attached hydrogens (tertiary/aromatic N) is 3. The summed E-state index contributed by atoms with van der Waals surface area (Å²) in [4.78, 5) is 2.32. The van der Waals surface area contributed by atoms with Gasteiger partial charge in [0.2, 0.25) is 0 Å². The molecule has 0 N–H and O–H groups in total. The number of anilines is 2. The molecule has 0 saturated carbocycles. The molecule has 0 amide bonds. The first-order chi connectivity index (χ1) is 31.1. The Hall–Kier alpha value is -8.40. The minimum absolute atomic E-state index is 1.04. The maximum atomic E-state index is 4.64. The van der Waals surface area contributed by atoms with Gasteiger partial charge in [-0.2, -0.15) is 0 Å². The summed E-state index contributed by atoms with van der Waals surface area (Å²) in [5.41, 5.74) is 13.8. The second-order valence-corrected chi connectivity index (χ2v) is 16.3. The van der Waals surface area contributed by atoms with Gasteiger partial charge in [0, 0.05) is 55.6 Å². The monoisotopic (exact) mass is 803 g/mol. The molecule has 12 rings (SSSR count). The van der Waals surface area contributed by atoms with Gasteiger partial charge in [0.25, 0.3) is 0 Å². The van der Waals surface area contributed by atoms with Gasteiger partial charge in [0.15, 0.2) is 0 Å². The average Bonchev–Trinajstić information content (AvgIpc) is 3.96. The van der Waals surface area contributed by atoms with Crippen LogP contribution in [-0.2, 0) is 0 Å². The molecule has 3 heterocycles. The standard InChI is InChI=1S/C60H41N3/c1-3-4-16-43-37-44-17-8-9-21-49(44)54-39-47(32-33-50(43)54)61(36-35-53-51-22-11-15-26-58(51)63-56-24-13-10-20-48(56)40(2)60(53)63)45-30-27-41(28-31-45)42-29-34-59-55(38-42)52-23-12-14-25-57(52)62(59)46-18-6-5-7-19-46/h3-39H,1-2H2/b16-4-,36-35+. The fourth-order valence-corrected chi connectivity index (χ4v) is 9.90. The van der Waals surface area contributed by atoms with E-state index in [0.29, 0.717) is 0 Å². The highest BCUT2D eigenvalue weighted by molar-refractivity contribution is 6.13. The Bertz CT molecular complexity index is 3880. The number of aromatic nitrogens is 2. The highest BCUT2D eigenvalue weighted by Gasteiger charge is 2.18. The molecule has 0 radical (unpaired) electrons. The minimum atomic E-state index is 1.04. The molecular weight excluding hydrogens is 763 g/mol. The number of hydrogen-bond donors (Lipinski definition) is 0. The Labute approximate surface area is 365 Å². The second kappa shape index (κ2) is 14.7. The predicted molar refractivity (Wildman–Crippen MR) is 271 cm³/mol. The van der Waals surface area contributed by atoms with Gasteiger partial charge in [0.05, 0.1) is 27.6 Å². The summed E-state index contributed by atoms with van der Waals surface area (Å²) in [6.45, 7) is 8.58. The van der Waals surface area contributed by atoms with Crippen molar-refractivity contribution in [2.24, 2.45) is 0 Å². The van der Waals surface area contributed by atoms with Crippen molar-refractivity contribution >= 4 is 101 Å². The SMILES string of the molecule is C=C/C=C\c1cc2ccccc2c2cc(N(/C=C/c3c4ccccc4n4c3c(=C)c3ccccc34)c3ccc(-c4ccc5c(c4)c4ccccc4n5-c4ccccc4)cc3)ccc12. The van der Waals surface area contributed by atoms with E-state index in [0.717, 1.165) is 38.9 Å². The van der Waals surface area contributed by atoms with Crippen LogP contribution in [0.3, 0.4) is 0 Å². The molecule has 3 aromatic heterocycles. The van der Waals surface area contributed by atoms with Crippen LogP contribution in [0.2, 0.25) is 0 Å². The molecule has 3 nitrogen and oxygen atoms in total. The molecule has 0 fully saturated rings. The van der Waals surface area contributed by atoms with Crippen LogP contribution in [0.5, 0.6) is 0 Å². The quantitative estimate of drug-likeness (QED) is 0.110. The zero-order chi connectivity index (χ0) is 42.0. The zero-order valence-corrected chi connectivity index (χ0v) is 34.6. The fraction of sp³-hybridized carbons (Fsp3) is 0. The van der Waals surface area contributed by atoms with E-state index < -0.39 is 0 Å². The van der Waals surface area contributed by atoms with E-state index in [1.807, 2.05) is 12.2 Å². The van der Waals surface area contributed by atoms with Gasteiger partial charge in [0.1, 0.15) is 0 Å². The zero-order valence-electron chi connectivity index (χ0n) is 34.6. The van der Waals surface area contributed by atoms with Crippen LogP contribution >= 0.6 is 0 Å². The predicted octanol–water partition coefficient (Wildman–Crippen LogP) is 15.5. The van der Waals surface area contributed by atoms with Gasteiger partial charge in [-0.3, -0.25) is 0 Å². The Balaban J connectivity index is 1.03. The third-order valence-corrected chi connectivity index (χ3v) is 12.8. The van der Waals surface area contributed by atoms with E-state index in [2.05, 4.69) is 240 Å². The van der Waals surface area contributed by atoms with Gasteiger partial charge in [-0.1, -0.05) is 153 Å². The molecule has 9 aromatic carbocycles. The van der Waals surface area contributed by atoms with Gasteiger partial charge < -0.3 is 13.9 Å². The van der Waals surface area contributed by atoms with Crippen LogP contribution in [0.4, 0.5) is 11.4 Å². The molecule has 0 saturated heterocycles. The molecule has 0 atom stereocenters. The van der Waals surface area contributed by atoms with Crippen molar-refractivity contribution in [3.05, 3.63) is 235 Å². The first kappa shape index (κ1) is 36.5. The van der Waals surface area contributed by atoms with Crippen molar-refractivity contribution < 1.29 is 0 Å². The molecule has 0 spiro atoms. The smallest absolute Gasteiger partial charge is 0.0615 e. The molecule has 3 heteroatoms. The summed E-state index contributed by atoms with van der Waals surface area (Å²) < 4.78 is 4.74. The first-order valence-corrected chi connectivity index (χ1v) is 21.5. The molecule has 296 valence electrons. The van der Waals surface area contributed by atoms with Gasteiger partial charge in [-0.15, -0.1) is 0 Å². The maximum Gasteiger partial charge on any atom is 0.0615 e. The lowest BCUT2D eigenvalue weighted by molar-refractivity contribution is 1.18. The van der Waals surface area contributed by atoms with Crippen molar-refractivity contribution in [2.75, 3.05) is 4.90 Å². The number of hydrogen-bond acceptors (Lipinski definition) is 1. The van der Waals surface area contributed by atoms with Crippen molar-refractivity contribution in [2.45, 2.75) is 0 Å². The normalized spacial score (nSPS) is 12.1. The van der Waals surface area contributed by atoms with E-state index in [4.69, 9.17) is 0 Å². The third kappa shape index (κ3) is 5.82. The van der Waals surface area contributed by atoms with E-state index in [1.54, 1.807) is 0 Å².